The van der Waals surface area contributed by atoms with E-state index < -0.39 is 51.6 Å². The minimum atomic E-state index is -2.95. The van der Waals surface area contributed by atoms with Gasteiger partial charge in [-0.25, -0.2) is 19.2 Å². The van der Waals surface area contributed by atoms with Crippen LogP contribution in [0.25, 0.3) is 21.8 Å². The zero-order chi connectivity index (χ0) is 56.6. The zero-order valence-corrected chi connectivity index (χ0v) is 36.5. The summed E-state index contributed by atoms with van der Waals surface area (Å²) in [4.78, 5) is 46.8. The molecule has 0 radical (unpaired) electrons. The highest BCUT2D eigenvalue weighted by Crippen LogP contribution is 2.32. The Morgan fingerprint density at radius 1 is 0.646 bits per heavy atom. The maximum atomic E-state index is 12.4. The van der Waals surface area contributed by atoms with Gasteiger partial charge in [0.25, 0.3) is 0 Å². The summed E-state index contributed by atoms with van der Waals surface area (Å²) in [6.07, 6.45) is 12.0. The van der Waals surface area contributed by atoms with Crippen LogP contribution in [0.3, 0.4) is 0 Å². The Kier molecular flexibility index (Phi) is 11.6. The first-order chi connectivity index (χ1) is 35.9. The lowest BCUT2D eigenvalue weighted by Gasteiger charge is -2.12. The topological polar surface area (TPSA) is 172 Å². The van der Waals surface area contributed by atoms with Crippen LogP contribution in [0.1, 0.15) is 111 Å². The SMILES string of the molecule is O=C(Cl)OC1CCCC1.[2H]C([2H])([2H])OC(=O)c1ccc(Cc2cn(C)c3ccc(N)cc23)c(OC([2H])([2H])[2H])c1.[2H]C([2H])([2H])OC(=O)c1ccc(Cc2cn(C)c3ccc(NC(=O)OC4CCCC4)cc23)c(OC([2H])([2H])[2H])c1. The first-order valence-corrected chi connectivity index (χ1v) is 21.1. The maximum absolute atomic E-state index is 12.4. The van der Waals surface area contributed by atoms with Crippen LogP contribution in [-0.4, -0.2) is 73.0 Å². The van der Waals surface area contributed by atoms with E-state index in [1.165, 1.54) is 30.3 Å². The molecule has 2 heterocycles. The lowest BCUT2D eigenvalue weighted by Crippen LogP contribution is -2.20. The Morgan fingerprint density at radius 2 is 1.14 bits per heavy atom. The van der Waals surface area contributed by atoms with Crippen LogP contribution in [-0.2, 0) is 45.9 Å². The summed E-state index contributed by atoms with van der Waals surface area (Å²) in [6, 6.07) is 19.0. The minimum absolute atomic E-state index is 0.0594. The van der Waals surface area contributed by atoms with Gasteiger partial charge in [0.1, 0.15) is 23.7 Å². The summed E-state index contributed by atoms with van der Waals surface area (Å²) < 4.78 is 120. The average Bonchev–Trinajstić information content (AvgIpc) is 4.13. The second-order valence-corrected chi connectivity index (χ2v) is 16.0. The Balaban J connectivity index is 0.000000218. The minimum Gasteiger partial charge on any atom is -0.496 e. The van der Waals surface area contributed by atoms with Crippen LogP contribution in [0.15, 0.2) is 85.2 Å². The molecule has 2 aliphatic rings. The molecule has 15 heteroatoms. The predicted octanol–water partition coefficient (Wildman–Crippen LogP) is 10.5. The van der Waals surface area contributed by atoms with Gasteiger partial charge in [-0.2, -0.15) is 0 Å². The average molecular weight is 922 g/mol. The van der Waals surface area contributed by atoms with Gasteiger partial charge in [-0.15, -0.1) is 0 Å². The summed E-state index contributed by atoms with van der Waals surface area (Å²) in [5, 5.41) is 4.50. The van der Waals surface area contributed by atoms with Gasteiger partial charge in [-0.1, -0.05) is 12.1 Å². The number of halogens is 1. The van der Waals surface area contributed by atoms with Gasteiger partial charge in [0, 0.05) is 84.1 Å². The van der Waals surface area contributed by atoms with E-state index in [4.69, 9.17) is 52.7 Å². The molecule has 0 atom stereocenters. The summed E-state index contributed by atoms with van der Waals surface area (Å²) >= 11 is 5.00. The third-order valence-corrected chi connectivity index (χ3v) is 11.4. The highest BCUT2D eigenvalue weighted by atomic mass is 35.5. The summed E-state index contributed by atoms with van der Waals surface area (Å²) in [5.41, 5.74) is 10.6. The van der Waals surface area contributed by atoms with Crippen LogP contribution in [0, 0.1) is 0 Å². The van der Waals surface area contributed by atoms with Gasteiger partial charge in [-0.05, 0) is 134 Å². The number of aromatic nitrogens is 2. The van der Waals surface area contributed by atoms with Gasteiger partial charge in [0.05, 0.1) is 55.7 Å². The summed E-state index contributed by atoms with van der Waals surface area (Å²) in [5.74, 6) is -2.39. The smallest absolute Gasteiger partial charge is 0.411 e. The fourth-order valence-corrected chi connectivity index (χ4v) is 8.27. The second-order valence-electron chi connectivity index (χ2n) is 15.7. The molecule has 0 spiro atoms. The van der Waals surface area contributed by atoms with E-state index in [9.17, 15) is 19.2 Å². The number of fused-ring (bicyclic) bond motifs is 2. The number of anilines is 2. The van der Waals surface area contributed by atoms with Crippen LogP contribution in [0.4, 0.5) is 21.0 Å². The lowest BCUT2D eigenvalue weighted by molar-refractivity contribution is 0.0591. The van der Waals surface area contributed by atoms with Crippen molar-refractivity contribution < 1.29 is 64.0 Å². The molecule has 0 unspecified atom stereocenters. The molecular formula is C50H57ClN4O10. The number of nitrogens with two attached hydrogens (primary N) is 1. The monoisotopic (exact) mass is 920 g/mol. The number of hydrogen-bond acceptors (Lipinski definition) is 11. The van der Waals surface area contributed by atoms with Crippen molar-refractivity contribution in [1.82, 2.24) is 9.13 Å². The number of methoxy groups -OCH3 is 4. The number of esters is 2. The molecular weight excluding hydrogens is 852 g/mol. The number of benzene rings is 4. The molecule has 6 aromatic rings. The summed E-state index contributed by atoms with van der Waals surface area (Å²) in [6.45, 7) is 0. The van der Waals surface area contributed by atoms with Gasteiger partial charge in [-0.3, -0.25) is 5.32 Å². The van der Waals surface area contributed by atoms with Crippen LogP contribution in [0.2, 0.25) is 0 Å². The first kappa shape index (κ1) is 33.8. The zero-order valence-electron chi connectivity index (χ0n) is 47.7. The van der Waals surface area contributed by atoms with Gasteiger partial charge in [0.15, 0.2) is 0 Å². The number of ether oxygens (including phenoxy) is 6. The van der Waals surface area contributed by atoms with Crippen LogP contribution >= 0.6 is 11.6 Å². The third kappa shape index (κ3) is 12.3. The molecule has 3 N–H and O–H groups in total. The molecule has 2 aliphatic carbocycles. The molecule has 0 saturated heterocycles. The molecule has 0 bridgehead atoms. The molecule has 14 nitrogen and oxygen atoms in total. The molecule has 344 valence electrons. The third-order valence-electron chi connectivity index (χ3n) is 11.3. The normalized spacial score (nSPS) is 17.1. The van der Waals surface area contributed by atoms with Crippen molar-refractivity contribution in [1.29, 1.82) is 0 Å². The molecule has 8 rings (SSSR count). The number of amides is 1. The Labute approximate surface area is 400 Å². The standard InChI is InChI=1S/C25H28N2O5.C19H20N2O3.C6H9ClO2/c1-27-15-18(12-16-8-9-17(24(28)31-3)13-23(16)30-2)21-14-19(10-11-22(21)27)26-25(29)32-20-6-4-5-7-20;1-21-11-14(16-10-15(20)6-7-17(16)21)8-12-4-5-13(19(22)24-3)9-18(12)23-2;7-6(8)9-5-3-1-2-4-5/h8-11,13-15,20H,4-7,12H2,1-3H3,(H,26,29);4-7,9-11H,8,20H2,1-3H3;5H,1-4H2/i2*2D3,3D3;. The maximum Gasteiger partial charge on any atom is 0.411 e. The molecule has 4 aromatic carbocycles. The van der Waals surface area contributed by atoms with E-state index in [0.717, 1.165) is 90.4 Å². The van der Waals surface area contributed by atoms with E-state index in [1.807, 2.05) is 59.9 Å². The van der Waals surface area contributed by atoms with Gasteiger partial charge < -0.3 is 43.3 Å². The Morgan fingerprint density at radius 3 is 1.63 bits per heavy atom. The van der Waals surface area contributed by atoms with E-state index in [-0.39, 0.29) is 41.3 Å². The van der Waals surface area contributed by atoms with E-state index in [2.05, 4.69) is 14.8 Å². The lowest BCUT2D eigenvalue weighted by atomic mass is 10.0. The summed E-state index contributed by atoms with van der Waals surface area (Å²) in [7, 11) is -7.68. The largest absolute Gasteiger partial charge is 0.496 e. The molecule has 65 heavy (non-hydrogen) atoms. The van der Waals surface area contributed by atoms with Gasteiger partial charge in [0.2, 0.25) is 0 Å². The van der Waals surface area contributed by atoms with Crippen LogP contribution in [0.5, 0.6) is 11.5 Å². The van der Waals surface area contributed by atoms with E-state index >= 15 is 0 Å². The number of nitrogens with zero attached hydrogens (tertiary/aromatic N) is 2. The Bertz CT molecular complexity index is 3090. The molecule has 2 aromatic heterocycles. The molecule has 2 fully saturated rings. The van der Waals surface area contributed by atoms with Crippen molar-refractivity contribution >= 4 is 68.2 Å². The number of carbonyl (C=O) groups excluding carboxylic acids is 4. The number of rotatable bonds is 11. The first-order valence-electron chi connectivity index (χ1n) is 26.7. The molecule has 0 aliphatic heterocycles. The second kappa shape index (κ2) is 22.3. The predicted molar refractivity (Wildman–Crippen MR) is 251 cm³/mol. The van der Waals surface area contributed by atoms with Crippen molar-refractivity contribution in [2.24, 2.45) is 14.1 Å². The fraction of sp³-hybridized carbons (Fsp3) is 0.360. The number of aryl methyl sites for hydroxylation is 2. The van der Waals surface area contributed by atoms with Gasteiger partial charge >= 0.3 is 23.5 Å². The highest BCUT2D eigenvalue weighted by Gasteiger charge is 2.21. The molecule has 2 saturated carbocycles. The van der Waals surface area contributed by atoms with Crippen molar-refractivity contribution in [3.63, 3.8) is 0 Å². The van der Waals surface area contributed by atoms with Crippen molar-refractivity contribution in [3.05, 3.63) is 119 Å². The van der Waals surface area contributed by atoms with Crippen LogP contribution < -0.4 is 20.5 Å². The number of carbonyl (C=O) groups is 4. The van der Waals surface area contributed by atoms with Crippen molar-refractivity contribution in [2.45, 2.75) is 76.4 Å². The van der Waals surface area contributed by atoms with E-state index in [0.29, 0.717) is 28.9 Å². The molecule has 1 amide bonds. The number of nitrogen functional groups attached to an aromatic ring is 1. The number of nitrogens with one attached hydrogen (secondary N) is 1. The Hall–Kier alpha value is -6.67. The van der Waals surface area contributed by atoms with Crippen molar-refractivity contribution in [2.75, 3.05) is 39.2 Å². The highest BCUT2D eigenvalue weighted by molar-refractivity contribution is 6.61. The quantitative estimate of drug-likeness (QED) is 0.0548. The van der Waals surface area contributed by atoms with E-state index in [1.54, 1.807) is 12.1 Å². The van der Waals surface area contributed by atoms with Crippen molar-refractivity contribution in [3.8, 4) is 11.5 Å². The number of hydrogen-bond donors (Lipinski definition) is 2. The fourth-order valence-electron chi connectivity index (χ4n) is 8.14.